The van der Waals surface area contributed by atoms with E-state index < -0.39 is 5.97 Å². The summed E-state index contributed by atoms with van der Waals surface area (Å²) < 4.78 is 0. The summed E-state index contributed by atoms with van der Waals surface area (Å²) in [5, 5.41) is 12.1. The minimum Gasteiger partial charge on any atom is -0.480 e. The highest BCUT2D eigenvalue weighted by atomic mass is 16.4. The molecule has 0 spiro atoms. The Labute approximate surface area is 85.9 Å². The van der Waals surface area contributed by atoms with E-state index in [1.54, 1.807) is 0 Å². The van der Waals surface area contributed by atoms with Gasteiger partial charge >= 0.3 is 5.97 Å². The van der Waals surface area contributed by atoms with Crippen LogP contribution in [-0.4, -0.2) is 23.7 Å². The van der Waals surface area contributed by atoms with E-state index >= 15 is 0 Å². The van der Waals surface area contributed by atoms with Gasteiger partial charge in [0.15, 0.2) is 0 Å². The Balaban J connectivity index is 2.29. The summed E-state index contributed by atoms with van der Waals surface area (Å²) in [6.07, 6.45) is 2.14. The zero-order valence-electron chi connectivity index (χ0n) is 9.29. The van der Waals surface area contributed by atoms with Gasteiger partial charge in [0, 0.05) is 0 Å². The Morgan fingerprint density at radius 1 is 1.43 bits per heavy atom. The van der Waals surface area contributed by atoms with Crippen molar-refractivity contribution in [1.29, 1.82) is 0 Å². The third kappa shape index (κ3) is 3.29. The van der Waals surface area contributed by atoms with E-state index in [0.29, 0.717) is 17.8 Å². The predicted octanol–water partition coefficient (Wildman–Crippen LogP) is 1.73. The number of nitrogens with one attached hydrogen (secondary N) is 1. The summed E-state index contributed by atoms with van der Waals surface area (Å²) in [5.74, 6) is 0.835. The molecule has 0 aromatic carbocycles. The summed E-state index contributed by atoms with van der Waals surface area (Å²) in [7, 11) is 0. The summed E-state index contributed by atoms with van der Waals surface area (Å²) in [6, 6.07) is -0.309. The van der Waals surface area contributed by atoms with Gasteiger partial charge in [-0.3, -0.25) is 4.79 Å². The van der Waals surface area contributed by atoms with E-state index in [0.717, 1.165) is 19.4 Å². The summed E-state index contributed by atoms with van der Waals surface area (Å²) in [4.78, 5) is 10.9. The lowest BCUT2D eigenvalue weighted by atomic mass is 9.97. The van der Waals surface area contributed by atoms with Crippen molar-refractivity contribution in [3.63, 3.8) is 0 Å². The van der Waals surface area contributed by atoms with E-state index in [-0.39, 0.29) is 6.04 Å². The minimum atomic E-state index is -0.691. The first-order chi connectivity index (χ1) is 6.52. The molecule has 14 heavy (non-hydrogen) atoms. The number of rotatable bonds is 6. The van der Waals surface area contributed by atoms with Gasteiger partial charge in [0.2, 0.25) is 0 Å². The first-order valence-electron chi connectivity index (χ1n) is 5.48. The molecule has 0 aromatic heterocycles. The monoisotopic (exact) mass is 199 g/mol. The van der Waals surface area contributed by atoms with Crippen LogP contribution in [0, 0.1) is 17.8 Å². The Bertz CT molecular complexity index is 199. The fraction of sp³-hybridized carbons (Fsp3) is 0.909. The molecule has 0 amide bonds. The van der Waals surface area contributed by atoms with Crippen molar-refractivity contribution < 1.29 is 9.90 Å². The molecule has 3 heteroatoms. The third-order valence-electron chi connectivity index (χ3n) is 3.16. The molecule has 3 nitrogen and oxygen atoms in total. The number of hydrogen-bond acceptors (Lipinski definition) is 2. The van der Waals surface area contributed by atoms with Crippen LogP contribution in [0.3, 0.4) is 0 Å². The molecule has 82 valence electrons. The van der Waals surface area contributed by atoms with Crippen LogP contribution in [0.15, 0.2) is 0 Å². The Kier molecular flexibility index (Phi) is 3.93. The second-order valence-electron chi connectivity index (χ2n) is 4.78. The molecule has 2 N–H and O–H groups in total. The number of carbonyl (C=O) groups is 1. The third-order valence-corrected chi connectivity index (χ3v) is 3.16. The van der Waals surface area contributed by atoms with Gasteiger partial charge < -0.3 is 10.4 Å². The molecular weight excluding hydrogens is 178 g/mol. The molecule has 0 aromatic rings. The van der Waals surface area contributed by atoms with E-state index in [9.17, 15) is 4.79 Å². The van der Waals surface area contributed by atoms with Gasteiger partial charge in [-0.15, -0.1) is 0 Å². The van der Waals surface area contributed by atoms with Gasteiger partial charge in [0.05, 0.1) is 0 Å². The van der Waals surface area contributed by atoms with Crippen molar-refractivity contribution in [3.8, 4) is 0 Å². The molecule has 0 saturated heterocycles. The standard InChI is InChI=1S/C11H21NO2/c1-7(2)8(3)6-12-10(11(13)14)9-4-5-9/h7-10,12H,4-6H2,1-3H3,(H,13,14). The fourth-order valence-corrected chi connectivity index (χ4v) is 1.43. The highest BCUT2D eigenvalue weighted by molar-refractivity contribution is 5.74. The Morgan fingerprint density at radius 3 is 2.36 bits per heavy atom. The summed E-state index contributed by atoms with van der Waals surface area (Å²) >= 11 is 0. The number of hydrogen-bond donors (Lipinski definition) is 2. The second-order valence-corrected chi connectivity index (χ2v) is 4.78. The van der Waals surface area contributed by atoms with E-state index in [2.05, 4.69) is 26.1 Å². The van der Waals surface area contributed by atoms with Crippen LogP contribution in [0.2, 0.25) is 0 Å². The highest BCUT2D eigenvalue weighted by Gasteiger charge is 2.35. The van der Waals surface area contributed by atoms with Crippen LogP contribution in [0.25, 0.3) is 0 Å². The normalized spacial score (nSPS) is 20.9. The molecule has 0 aliphatic heterocycles. The zero-order chi connectivity index (χ0) is 10.7. The molecule has 0 radical (unpaired) electrons. The van der Waals surface area contributed by atoms with Crippen molar-refractivity contribution in [2.45, 2.75) is 39.7 Å². The van der Waals surface area contributed by atoms with Crippen LogP contribution < -0.4 is 5.32 Å². The second kappa shape index (κ2) is 4.78. The molecule has 1 aliphatic rings. The average molecular weight is 199 g/mol. The van der Waals surface area contributed by atoms with Crippen molar-refractivity contribution in [3.05, 3.63) is 0 Å². The van der Waals surface area contributed by atoms with Gasteiger partial charge in [-0.25, -0.2) is 0 Å². The molecule has 1 rings (SSSR count). The van der Waals surface area contributed by atoms with Gasteiger partial charge in [-0.05, 0) is 37.1 Å². The molecule has 2 unspecified atom stereocenters. The highest BCUT2D eigenvalue weighted by Crippen LogP contribution is 2.32. The predicted molar refractivity (Wildman–Crippen MR) is 56.2 cm³/mol. The topological polar surface area (TPSA) is 49.3 Å². The lowest BCUT2D eigenvalue weighted by Crippen LogP contribution is -2.41. The van der Waals surface area contributed by atoms with Crippen molar-refractivity contribution in [1.82, 2.24) is 5.32 Å². The Morgan fingerprint density at radius 2 is 2.00 bits per heavy atom. The average Bonchev–Trinajstić information content (AvgIpc) is 2.87. The van der Waals surface area contributed by atoms with Gasteiger partial charge in [0.1, 0.15) is 6.04 Å². The quantitative estimate of drug-likeness (QED) is 0.685. The lowest BCUT2D eigenvalue weighted by molar-refractivity contribution is -0.140. The van der Waals surface area contributed by atoms with E-state index in [1.165, 1.54) is 0 Å². The molecule has 1 saturated carbocycles. The molecule has 2 atom stereocenters. The summed E-state index contributed by atoms with van der Waals surface area (Å²) in [6.45, 7) is 7.30. The van der Waals surface area contributed by atoms with Gasteiger partial charge in [0.25, 0.3) is 0 Å². The maximum absolute atomic E-state index is 10.9. The molecule has 0 bridgehead atoms. The van der Waals surface area contributed by atoms with Crippen molar-refractivity contribution in [2.75, 3.05) is 6.54 Å². The van der Waals surface area contributed by atoms with Gasteiger partial charge in [-0.2, -0.15) is 0 Å². The fourth-order valence-electron chi connectivity index (χ4n) is 1.43. The molecule has 1 aliphatic carbocycles. The Hall–Kier alpha value is -0.570. The molecular formula is C11H21NO2. The van der Waals surface area contributed by atoms with E-state index in [1.807, 2.05) is 0 Å². The van der Waals surface area contributed by atoms with Crippen LogP contribution in [0.4, 0.5) is 0 Å². The zero-order valence-corrected chi connectivity index (χ0v) is 9.29. The van der Waals surface area contributed by atoms with Crippen LogP contribution in [0.5, 0.6) is 0 Å². The first kappa shape index (κ1) is 11.5. The number of aliphatic carboxylic acids is 1. The molecule has 1 fully saturated rings. The maximum atomic E-state index is 10.9. The van der Waals surface area contributed by atoms with Crippen molar-refractivity contribution >= 4 is 5.97 Å². The largest absolute Gasteiger partial charge is 0.480 e. The maximum Gasteiger partial charge on any atom is 0.320 e. The molecule has 0 heterocycles. The smallest absolute Gasteiger partial charge is 0.320 e. The van der Waals surface area contributed by atoms with Crippen molar-refractivity contribution in [2.24, 2.45) is 17.8 Å². The number of carboxylic acid groups (broad SMARTS) is 1. The summed E-state index contributed by atoms with van der Waals surface area (Å²) in [5.41, 5.74) is 0. The van der Waals surface area contributed by atoms with Crippen LogP contribution in [0.1, 0.15) is 33.6 Å². The lowest BCUT2D eigenvalue weighted by Gasteiger charge is -2.19. The number of carboxylic acids is 1. The minimum absolute atomic E-state index is 0.309. The first-order valence-corrected chi connectivity index (χ1v) is 5.48. The van der Waals surface area contributed by atoms with Gasteiger partial charge in [-0.1, -0.05) is 20.8 Å². The van der Waals surface area contributed by atoms with E-state index in [4.69, 9.17) is 5.11 Å². The SMILES string of the molecule is CC(C)C(C)CNC(C(=O)O)C1CC1. The van der Waals surface area contributed by atoms with Crippen LogP contribution >= 0.6 is 0 Å². The van der Waals surface area contributed by atoms with Crippen LogP contribution in [-0.2, 0) is 4.79 Å².